The molecule has 3 rings (SSSR count). The molecule has 27 heavy (non-hydrogen) atoms. The molecular formula is C19H19BrN2O4S. The first-order valence-electron chi connectivity index (χ1n) is 8.17. The summed E-state index contributed by atoms with van der Waals surface area (Å²) in [5.41, 5.74) is 1.30. The lowest BCUT2D eigenvalue weighted by atomic mass is 10.1. The number of benzene rings is 2. The summed E-state index contributed by atoms with van der Waals surface area (Å²) in [6.45, 7) is 1.11. The zero-order valence-electron chi connectivity index (χ0n) is 15.2. The van der Waals surface area contributed by atoms with Crippen molar-refractivity contribution in [1.29, 1.82) is 0 Å². The van der Waals surface area contributed by atoms with Crippen LogP contribution in [0.3, 0.4) is 0 Å². The Bertz CT molecular complexity index is 1020. The van der Waals surface area contributed by atoms with Gasteiger partial charge in [0, 0.05) is 18.1 Å². The highest BCUT2D eigenvalue weighted by Gasteiger charge is 2.18. The van der Waals surface area contributed by atoms with Crippen molar-refractivity contribution in [3.05, 3.63) is 51.2 Å². The number of methoxy groups -OCH3 is 3. The Hall–Kier alpha value is -2.16. The average molecular weight is 451 g/mol. The van der Waals surface area contributed by atoms with E-state index in [1.54, 1.807) is 25.3 Å². The number of fused-ring (bicyclic) bond motifs is 1. The average Bonchev–Trinajstić information content (AvgIpc) is 3.01. The third-order valence-corrected chi connectivity index (χ3v) is 5.54. The predicted molar refractivity (Wildman–Crippen MR) is 109 cm³/mol. The van der Waals surface area contributed by atoms with E-state index in [4.69, 9.17) is 14.2 Å². The number of carbonyl (C=O) groups is 1. The number of thiazole rings is 1. The largest absolute Gasteiger partial charge is 0.496 e. The van der Waals surface area contributed by atoms with Gasteiger partial charge < -0.3 is 18.8 Å². The first-order valence-corrected chi connectivity index (χ1v) is 9.78. The Labute approximate surface area is 169 Å². The highest BCUT2D eigenvalue weighted by atomic mass is 79.9. The fourth-order valence-electron chi connectivity index (χ4n) is 2.74. The fourth-order valence-corrected chi connectivity index (χ4v) is 4.34. The number of halogens is 1. The summed E-state index contributed by atoms with van der Waals surface area (Å²) in [7, 11) is 4.68. The van der Waals surface area contributed by atoms with Crippen LogP contribution in [0.25, 0.3) is 10.2 Å². The van der Waals surface area contributed by atoms with Crippen molar-refractivity contribution in [1.82, 2.24) is 4.57 Å². The van der Waals surface area contributed by atoms with E-state index in [0.717, 1.165) is 14.7 Å². The van der Waals surface area contributed by atoms with Crippen molar-refractivity contribution in [2.75, 3.05) is 27.9 Å². The van der Waals surface area contributed by atoms with Crippen molar-refractivity contribution in [2.45, 2.75) is 6.54 Å². The molecule has 1 amide bonds. The summed E-state index contributed by atoms with van der Waals surface area (Å²) in [5, 5.41) is 0. The second kappa shape index (κ2) is 8.69. The molecule has 0 aliphatic rings. The van der Waals surface area contributed by atoms with Crippen LogP contribution in [0.2, 0.25) is 0 Å². The molecule has 0 unspecified atom stereocenters. The number of rotatable bonds is 6. The van der Waals surface area contributed by atoms with Gasteiger partial charge in [0.25, 0.3) is 5.91 Å². The monoisotopic (exact) mass is 450 g/mol. The van der Waals surface area contributed by atoms with Crippen molar-refractivity contribution in [2.24, 2.45) is 4.99 Å². The quantitative estimate of drug-likeness (QED) is 0.571. The Morgan fingerprint density at radius 1 is 1.15 bits per heavy atom. The molecule has 0 spiro atoms. The van der Waals surface area contributed by atoms with Crippen molar-refractivity contribution >= 4 is 43.4 Å². The molecule has 0 radical (unpaired) electrons. The van der Waals surface area contributed by atoms with Crippen LogP contribution in [-0.2, 0) is 11.3 Å². The second-order valence-electron chi connectivity index (χ2n) is 5.60. The first kappa shape index (κ1) is 19.6. The number of carbonyl (C=O) groups excluding carboxylic acids is 1. The van der Waals surface area contributed by atoms with Gasteiger partial charge in [0.05, 0.1) is 31.0 Å². The highest BCUT2D eigenvalue weighted by Crippen LogP contribution is 2.29. The molecule has 0 fully saturated rings. The van der Waals surface area contributed by atoms with Gasteiger partial charge in [-0.1, -0.05) is 33.3 Å². The zero-order chi connectivity index (χ0) is 19.4. The molecule has 1 aromatic heterocycles. The van der Waals surface area contributed by atoms with Gasteiger partial charge in [-0.2, -0.15) is 4.99 Å². The summed E-state index contributed by atoms with van der Waals surface area (Å²) in [4.78, 5) is 17.9. The van der Waals surface area contributed by atoms with Crippen LogP contribution in [0.15, 0.2) is 45.9 Å². The van der Waals surface area contributed by atoms with Gasteiger partial charge in [0.1, 0.15) is 17.1 Å². The number of aromatic nitrogens is 1. The molecule has 8 heteroatoms. The smallest absolute Gasteiger partial charge is 0.287 e. The number of hydrogen-bond acceptors (Lipinski definition) is 5. The van der Waals surface area contributed by atoms with Crippen LogP contribution in [0.4, 0.5) is 0 Å². The molecule has 0 saturated carbocycles. The lowest BCUT2D eigenvalue weighted by Gasteiger charge is -2.09. The maximum atomic E-state index is 13.0. The lowest BCUT2D eigenvalue weighted by molar-refractivity contribution is 0.0991. The summed E-state index contributed by atoms with van der Waals surface area (Å²) < 4.78 is 19.8. The SMILES string of the molecule is COCCn1c(=NC(=O)c2c(OC)cccc2OC)sc2cc(Br)ccc21. The third kappa shape index (κ3) is 4.07. The second-order valence-corrected chi connectivity index (χ2v) is 7.52. The first-order chi connectivity index (χ1) is 13.1. The van der Waals surface area contributed by atoms with Gasteiger partial charge in [0.2, 0.25) is 0 Å². The predicted octanol–water partition coefficient (Wildman–Crippen LogP) is 3.87. The molecule has 6 nitrogen and oxygen atoms in total. The van der Waals surface area contributed by atoms with E-state index in [0.29, 0.717) is 35.0 Å². The molecule has 0 saturated heterocycles. The number of hydrogen-bond donors (Lipinski definition) is 0. The van der Waals surface area contributed by atoms with Crippen LogP contribution in [-0.4, -0.2) is 38.4 Å². The van der Waals surface area contributed by atoms with Crippen molar-refractivity contribution < 1.29 is 19.0 Å². The molecule has 0 N–H and O–H groups in total. The van der Waals surface area contributed by atoms with Gasteiger partial charge >= 0.3 is 0 Å². The normalized spacial score (nSPS) is 11.8. The molecular weight excluding hydrogens is 432 g/mol. The van der Waals surface area contributed by atoms with Gasteiger partial charge in [-0.15, -0.1) is 0 Å². The van der Waals surface area contributed by atoms with Crippen LogP contribution < -0.4 is 14.3 Å². The minimum absolute atomic E-state index is 0.305. The minimum atomic E-state index is -0.416. The van der Waals surface area contributed by atoms with E-state index >= 15 is 0 Å². The highest BCUT2D eigenvalue weighted by molar-refractivity contribution is 9.10. The van der Waals surface area contributed by atoms with E-state index in [1.807, 2.05) is 22.8 Å². The summed E-state index contributed by atoms with van der Waals surface area (Å²) in [5.74, 6) is 0.437. The topological polar surface area (TPSA) is 62.1 Å². The zero-order valence-corrected chi connectivity index (χ0v) is 17.6. The molecule has 2 aromatic carbocycles. The number of ether oxygens (including phenoxy) is 3. The number of nitrogens with zero attached hydrogens (tertiary/aromatic N) is 2. The Balaban J connectivity index is 2.17. The summed E-state index contributed by atoms with van der Waals surface area (Å²) in [6, 6.07) is 11.2. The third-order valence-electron chi connectivity index (χ3n) is 4.00. The van der Waals surface area contributed by atoms with Crippen LogP contribution in [0.5, 0.6) is 11.5 Å². The van der Waals surface area contributed by atoms with Crippen molar-refractivity contribution in [3.63, 3.8) is 0 Å². The lowest BCUT2D eigenvalue weighted by Crippen LogP contribution is -2.19. The maximum absolute atomic E-state index is 13.0. The molecule has 0 atom stereocenters. The summed E-state index contributed by atoms with van der Waals surface area (Å²) in [6.07, 6.45) is 0. The number of amides is 1. The van der Waals surface area contributed by atoms with E-state index < -0.39 is 5.91 Å². The standard InChI is InChI=1S/C19H19BrN2O4S/c1-24-10-9-22-13-8-7-12(20)11-16(13)27-19(22)21-18(23)17-14(25-2)5-4-6-15(17)26-3/h4-8,11H,9-10H2,1-3H3. The molecule has 0 aliphatic heterocycles. The molecule has 3 aromatic rings. The molecule has 0 aliphatic carbocycles. The van der Waals surface area contributed by atoms with E-state index in [9.17, 15) is 4.79 Å². The maximum Gasteiger partial charge on any atom is 0.287 e. The van der Waals surface area contributed by atoms with E-state index in [1.165, 1.54) is 25.6 Å². The Morgan fingerprint density at radius 2 is 1.85 bits per heavy atom. The molecule has 142 valence electrons. The van der Waals surface area contributed by atoms with E-state index in [-0.39, 0.29) is 0 Å². The van der Waals surface area contributed by atoms with Crippen LogP contribution >= 0.6 is 27.3 Å². The van der Waals surface area contributed by atoms with Gasteiger partial charge in [-0.3, -0.25) is 4.79 Å². The van der Waals surface area contributed by atoms with Gasteiger partial charge in [-0.05, 0) is 30.3 Å². The summed E-state index contributed by atoms with van der Waals surface area (Å²) >= 11 is 4.93. The van der Waals surface area contributed by atoms with Gasteiger partial charge in [-0.25, -0.2) is 0 Å². The fraction of sp³-hybridized carbons (Fsp3) is 0.263. The van der Waals surface area contributed by atoms with Gasteiger partial charge in [0.15, 0.2) is 4.80 Å². The van der Waals surface area contributed by atoms with Crippen LogP contribution in [0, 0.1) is 0 Å². The Kier molecular flexibility index (Phi) is 6.30. The van der Waals surface area contributed by atoms with E-state index in [2.05, 4.69) is 20.9 Å². The molecule has 0 bridgehead atoms. The minimum Gasteiger partial charge on any atom is -0.496 e. The van der Waals surface area contributed by atoms with Crippen molar-refractivity contribution in [3.8, 4) is 11.5 Å². The Morgan fingerprint density at radius 3 is 2.48 bits per heavy atom. The molecule has 1 heterocycles. The van der Waals surface area contributed by atoms with Crippen LogP contribution in [0.1, 0.15) is 10.4 Å².